The fourth-order valence-electron chi connectivity index (χ4n) is 2.84. The molecule has 1 saturated carbocycles. The molecule has 121 valence electrons. The van der Waals surface area contributed by atoms with Gasteiger partial charge in [0.1, 0.15) is 0 Å². The average molecular weight is 303 g/mol. The molecule has 1 atom stereocenters. The Kier molecular flexibility index (Phi) is 5.63. The molecule has 0 amide bonds. The maximum Gasteiger partial charge on any atom is 0.373 e. The summed E-state index contributed by atoms with van der Waals surface area (Å²) in [5.74, 6) is -0.00166. The first-order chi connectivity index (χ1) is 10.4. The molecule has 22 heavy (non-hydrogen) atoms. The Morgan fingerprint density at radius 1 is 1.18 bits per heavy atom. The van der Waals surface area contributed by atoms with Gasteiger partial charge in [-0.1, -0.05) is 59.1 Å². The molecule has 1 unspecified atom stereocenters. The van der Waals surface area contributed by atoms with Crippen LogP contribution in [0.5, 0.6) is 0 Å². The van der Waals surface area contributed by atoms with E-state index >= 15 is 0 Å². The summed E-state index contributed by atoms with van der Waals surface area (Å²) in [5.41, 5.74) is 1.79. The summed E-state index contributed by atoms with van der Waals surface area (Å²) in [6.45, 7) is 8.59. The molecule has 1 aliphatic carbocycles. The topological polar surface area (TPSA) is 35.5 Å². The lowest BCUT2D eigenvalue weighted by atomic mass is 9.85. The third kappa shape index (κ3) is 4.33. The predicted octanol–water partition coefficient (Wildman–Crippen LogP) is 5.20. The van der Waals surface area contributed by atoms with Gasteiger partial charge in [-0.05, 0) is 41.9 Å². The molecule has 0 spiro atoms. The minimum Gasteiger partial charge on any atom is -0.292 e. The van der Waals surface area contributed by atoms with Crippen molar-refractivity contribution in [2.45, 2.75) is 65.2 Å². The first-order valence-electron chi connectivity index (χ1n) is 8.27. The lowest BCUT2D eigenvalue weighted by molar-refractivity contribution is -0.247. The van der Waals surface area contributed by atoms with E-state index in [1.165, 1.54) is 12.0 Å². The van der Waals surface area contributed by atoms with E-state index in [9.17, 15) is 4.79 Å². The molecule has 1 radical (unpaired) electrons. The van der Waals surface area contributed by atoms with E-state index in [4.69, 9.17) is 9.78 Å². The molecule has 1 aromatic rings. The molecule has 0 aliphatic heterocycles. The molecule has 1 aliphatic rings. The van der Waals surface area contributed by atoms with Gasteiger partial charge in [0.2, 0.25) is 0 Å². The van der Waals surface area contributed by atoms with Crippen LogP contribution in [0.15, 0.2) is 24.3 Å². The highest BCUT2D eigenvalue weighted by molar-refractivity contribution is 5.89. The third-order valence-corrected chi connectivity index (χ3v) is 4.38. The van der Waals surface area contributed by atoms with Crippen molar-refractivity contribution < 1.29 is 14.6 Å². The van der Waals surface area contributed by atoms with E-state index < -0.39 is 5.97 Å². The summed E-state index contributed by atoms with van der Waals surface area (Å²) in [7, 11) is 0. The van der Waals surface area contributed by atoms with Crippen LogP contribution in [0.3, 0.4) is 0 Å². The SMILES string of the molecule is CCC1CCCC[C]1OOC(=O)c1ccc(C(C)(C)C)cc1. The molecule has 0 bridgehead atoms. The number of carbonyl (C=O) groups is 1. The van der Waals surface area contributed by atoms with E-state index in [1.54, 1.807) is 12.1 Å². The molecule has 3 nitrogen and oxygen atoms in total. The molecule has 1 aromatic carbocycles. The molecule has 2 rings (SSSR count). The van der Waals surface area contributed by atoms with Crippen molar-refractivity contribution in [1.82, 2.24) is 0 Å². The summed E-state index contributed by atoms with van der Waals surface area (Å²) in [6, 6.07) is 7.54. The van der Waals surface area contributed by atoms with E-state index in [1.807, 2.05) is 12.1 Å². The van der Waals surface area contributed by atoms with Gasteiger partial charge in [0.05, 0.1) is 5.56 Å². The number of carbonyl (C=O) groups excluding carboxylic acids is 1. The number of rotatable bonds is 4. The zero-order chi connectivity index (χ0) is 16.2. The van der Waals surface area contributed by atoms with Crippen molar-refractivity contribution in [1.29, 1.82) is 0 Å². The average Bonchev–Trinajstić information content (AvgIpc) is 2.52. The number of hydrogen-bond donors (Lipinski definition) is 0. The van der Waals surface area contributed by atoms with Gasteiger partial charge in [-0.2, -0.15) is 4.89 Å². The Balaban J connectivity index is 1.92. The summed E-state index contributed by atoms with van der Waals surface area (Å²) >= 11 is 0. The zero-order valence-electron chi connectivity index (χ0n) is 14.1. The van der Waals surface area contributed by atoms with Crippen molar-refractivity contribution >= 4 is 5.97 Å². The standard InChI is InChI=1S/C19H27O3/c1-5-14-8-6-7-9-17(14)21-22-18(20)15-10-12-16(13-11-15)19(2,3)4/h10-14H,5-9H2,1-4H3. The van der Waals surface area contributed by atoms with E-state index in [-0.39, 0.29) is 5.41 Å². The van der Waals surface area contributed by atoms with Gasteiger partial charge >= 0.3 is 5.97 Å². The van der Waals surface area contributed by atoms with Crippen LogP contribution in [-0.2, 0) is 15.2 Å². The zero-order valence-corrected chi connectivity index (χ0v) is 14.1. The Hall–Kier alpha value is -1.35. The van der Waals surface area contributed by atoms with Crippen molar-refractivity contribution in [2.24, 2.45) is 5.92 Å². The largest absolute Gasteiger partial charge is 0.373 e. The fourth-order valence-corrected chi connectivity index (χ4v) is 2.84. The van der Waals surface area contributed by atoms with E-state index in [2.05, 4.69) is 27.7 Å². The molecule has 0 aromatic heterocycles. The summed E-state index contributed by atoms with van der Waals surface area (Å²) in [4.78, 5) is 22.5. The number of hydrogen-bond acceptors (Lipinski definition) is 3. The minimum absolute atomic E-state index is 0.0746. The van der Waals surface area contributed by atoms with E-state index in [0.29, 0.717) is 11.5 Å². The lowest BCUT2D eigenvalue weighted by Crippen LogP contribution is -2.21. The molecule has 1 fully saturated rings. The van der Waals surface area contributed by atoms with Crippen molar-refractivity contribution in [3.8, 4) is 0 Å². The smallest absolute Gasteiger partial charge is 0.292 e. The maximum absolute atomic E-state index is 12.1. The second-order valence-electron chi connectivity index (χ2n) is 7.10. The Labute approximate surface area is 133 Å². The molecule has 3 heteroatoms. The van der Waals surface area contributed by atoms with Gasteiger partial charge in [0, 0.05) is 0 Å². The molecule has 0 saturated heterocycles. The van der Waals surface area contributed by atoms with Crippen LogP contribution >= 0.6 is 0 Å². The van der Waals surface area contributed by atoms with Crippen LogP contribution in [0, 0.1) is 12.0 Å². The number of benzene rings is 1. The van der Waals surface area contributed by atoms with Crippen LogP contribution in [0.25, 0.3) is 0 Å². The Bertz CT molecular complexity index is 484. The Morgan fingerprint density at radius 2 is 1.86 bits per heavy atom. The third-order valence-electron chi connectivity index (χ3n) is 4.38. The normalized spacial score (nSPS) is 19.9. The lowest BCUT2D eigenvalue weighted by Gasteiger charge is -2.27. The second kappa shape index (κ2) is 7.28. The molecular weight excluding hydrogens is 276 g/mol. The van der Waals surface area contributed by atoms with Gasteiger partial charge in [-0.15, -0.1) is 0 Å². The van der Waals surface area contributed by atoms with Gasteiger partial charge in [0.15, 0.2) is 6.10 Å². The quantitative estimate of drug-likeness (QED) is 0.566. The van der Waals surface area contributed by atoms with Gasteiger partial charge in [0.25, 0.3) is 0 Å². The first kappa shape index (κ1) is 17.0. The summed E-state index contributed by atoms with van der Waals surface area (Å²) in [5, 5.41) is 0. The van der Waals surface area contributed by atoms with Crippen LogP contribution in [0.1, 0.15) is 75.7 Å². The maximum atomic E-state index is 12.1. The summed E-state index contributed by atoms with van der Waals surface area (Å²) in [6.07, 6.45) is 6.33. The van der Waals surface area contributed by atoms with Crippen LogP contribution < -0.4 is 0 Å². The second-order valence-corrected chi connectivity index (χ2v) is 7.10. The molecular formula is C19H27O3. The highest BCUT2D eigenvalue weighted by atomic mass is 17.2. The van der Waals surface area contributed by atoms with E-state index in [0.717, 1.165) is 31.8 Å². The van der Waals surface area contributed by atoms with Crippen LogP contribution in [0.4, 0.5) is 0 Å². The van der Waals surface area contributed by atoms with Gasteiger partial charge in [-0.3, -0.25) is 4.89 Å². The molecule has 0 N–H and O–H groups in total. The minimum atomic E-state index is -0.423. The highest BCUT2D eigenvalue weighted by Crippen LogP contribution is 2.35. The van der Waals surface area contributed by atoms with Gasteiger partial charge in [-0.25, -0.2) is 4.79 Å². The predicted molar refractivity (Wildman–Crippen MR) is 87.1 cm³/mol. The van der Waals surface area contributed by atoms with Crippen LogP contribution in [0.2, 0.25) is 0 Å². The first-order valence-corrected chi connectivity index (χ1v) is 8.27. The monoisotopic (exact) mass is 303 g/mol. The fraction of sp³-hybridized carbons (Fsp3) is 0.579. The molecule has 0 heterocycles. The Morgan fingerprint density at radius 3 is 2.45 bits per heavy atom. The van der Waals surface area contributed by atoms with Crippen molar-refractivity contribution in [2.75, 3.05) is 0 Å². The van der Waals surface area contributed by atoms with Crippen LogP contribution in [-0.4, -0.2) is 5.97 Å². The van der Waals surface area contributed by atoms with Crippen molar-refractivity contribution in [3.63, 3.8) is 0 Å². The van der Waals surface area contributed by atoms with Gasteiger partial charge < -0.3 is 0 Å². The summed E-state index contributed by atoms with van der Waals surface area (Å²) < 4.78 is 0. The van der Waals surface area contributed by atoms with Crippen molar-refractivity contribution in [3.05, 3.63) is 41.5 Å². The highest BCUT2D eigenvalue weighted by Gasteiger charge is 2.28.